The van der Waals surface area contributed by atoms with Crippen molar-refractivity contribution >= 4 is 21.5 Å². The molecule has 1 heterocycles. The van der Waals surface area contributed by atoms with Crippen LogP contribution in [-0.2, 0) is 13.2 Å². The summed E-state index contributed by atoms with van der Waals surface area (Å²) in [5.74, 6) is 1.60. The number of benzene rings is 3. The lowest BCUT2D eigenvalue weighted by Crippen LogP contribution is -2.08. The Morgan fingerprint density at radius 2 is 1.44 bits per heavy atom. The first kappa shape index (κ1) is 22.4. The van der Waals surface area contributed by atoms with Gasteiger partial charge in [0.15, 0.2) is 0 Å². The summed E-state index contributed by atoms with van der Waals surface area (Å²) in [6, 6.07) is 30.8. The molecule has 1 aliphatic carbocycles. The summed E-state index contributed by atoms with van der Waals surface area (Å²) in [6.07, 6.45) is 3.28. The van der Waals surface area contributed by atoms with Gasteiger partial charge in [0.2, 0.25) is 11.8 Å². The number of hydrogen-bond donors (Lipinski definition) is 0. The van der Waals surface area contributed by atoms with E-state index < -0.39 is 0 Å². The Morgan fingerprint density at radius 1 is 0.794 bits per heavy atom. The van der Waals surface area contributed by atoms with Crippen LogP contribution >= 0.6 is 15.9 Å². The SMILES string of the molecule is CC1CC=C(c2ccc(OCc3ccccc3)nc2OCc2ccccc2)c2ccc(Br)cc21. The number of nitrogens with zero attached hydrogens (tertiary/aromatic N) is 1. The summed E-state index contributed by atoms with van der Waals surface area (Å²) < 4.78 is 13.4. The van der Waals surface area contributed by atoms with Gasteiger partial charge >= 0.3 is 0 Å². The van der Waals surface area contributed by atoms with E-state index in [0.717, 1.165) is 33.2 Å². The lowest BCUT2D eigenvalue weighted by atomic mass is 9.82. The van der Waals surface area contributed by atoms with E-state index >= 15 is 0 Å². The molecule has 0 fully saturated rings. The molecule has 1 aliphatic rings. The molecule has 1 unspecified atom stereocenters. The van der Waals surface area contributed by atoms with Crippen LogP contribution in [0.15, 0.2) is 102 Å². The fourth-order valence-corrected chi connectivity index (χ4v) is 4.63. The minimum atomic E-state index is 0.444. The van der Waals surface area contributed by atoms with E-state index in [0.29, 0.717) is 30.9 Å². The molecule has 34 heavy (non-hydrogen) atoms. The van der Waals surface area contributed by atoms with Gasteiger partial charge in [0.25, 0.3) is 0 Å². The van der Waals surface area contributed by atoms with Crippen LogP contribution < -0.4 is 9.47 Å². The van der Waals surface area contributed by atoms with Gasteiger partial charge in [-0.25, -0.2) is 0 Å². The predicted octanol–water partition coefficient (Wildman–Crippen LogP) is 7.94. The molecule has 4 aromatic rings. The number of allylic oxidation sites excluding steroid dienone is 1. The average Bonchev–Trinajstić information content (AvgIpc) is 2.88. The van der Waals surface area contributed by atoms with Crippen molar-refractivity contribution in [3.05, 3.63) is 129 Å². The Kier molecular flexibility index (Phi) is 6.77. The lowest BCUT2D eigenvalue weighted by molar-refractivity contribution is 0.267. The van der Waals surface area contributed by atoms with Crippen molar-refractivity contribution in [3.8, 4) is 11.8 Å². The first-order valence-corrected chi connectivity index (χ1v) is 12.3. The Morgan fingerprint density at radius 3 is 2.15 bits per heavy atom. The molecule has 0 aliphatic heterocycles. The Hall–Kier alpha value is -3.37. The number of halogens is 1. The zero-order chi connectivity index (χ0) is 23.3. The van der Waals surface area contributed by atoms with Gasteiger partial charge in [0.05, 0.1) is 0 Å². The summed E-state index contributed by atoms with van der Waals surface area (Å²) in [6.45, 7) is 3.17. The highest BCUT2D eigenvalue weighted by Crippen LogP contribution is 2.41. The van der Waals surface area contributed by atoms with Gasteiger partial charge in [-0.2, -0.15) is 4.98 Å². The number of pyridine rings is 1. The smallest absolute Gasteiger partial charge is 0.225 e. The van der Waals surface area contributed by atoms with Gasteiger partial charge in [0.1, 0.15) is 13.2 Å². The van der Waals surface area contributed by atoms with E-state index in [1.54, 1.807) is 0 Å². The molecule has 0 bridgehead atoms. The third-order valence-electron chi connectivity index (χ3n) is 6.08. The Bertz CT molecular complexity index is 1300. The zero-order valence-electron chi connectivity index (χ0n) is 19.1. The van der Waals surface area contributed by atoms with Crippen LogP contribution in [0.25, 0.3) is 5.57 Å². The molecule has 5 rings (SSSR count). The van der Waals surface area contributed by atoms with Gasteiger partial charge in [-0.05, 0) is 58.4 Å². The third kappa shape index (κ3) is 5.07. The van der Waals surface area contributed by atoms with E-state index in [1.165, 1.54) is 11.1 Å². The second-order valence-corrected chi connectivity index (χ2v) is 9.45. The van der Waals surface area contributed by atoms with Crippen molar-refractivity contribution in [3.63, 3.8) is 0 Å². The van der Waals surface area contributed by atoms with Crippen LogP contribution in [0.2, 0.25) is 0 Å². The monoisotopic (exact) mass is 511 g/mol. The van der Waals surface area contributed by atoms with Crippen LogP contribution in [0, 0.1) is 0 Å². The van der Waals surface area contributed by atoms with E-state index in [9.17, 15) is 0 Å². The second-order valence-electron chi connectivity index (χ2n) is 8.54. The first-order chi connectivity index (χ1) is 16.7. The molecule has 0 saturated heterocycles. The lowest BCUT2D eigenvalue weighted by Gasteiger charge is -2.24. The highest BCUT2D eigenvalue weighted by Gasteiger charge is 2.23. The van der Waals surface area contributed by atoms with Crippen LogP contribution in [0.5, 0.6) is 11.8 Å². The van der Waals surface area contributed by atoms with Gasteiger partial charge in [-0.15, -0.1) is 0 Å². The number of ether oxygens (including phenoxy) is 2. The van der Waals surface area contributed by atoms with Crippen LogP contribution in [-0.4, -0.2) is 4.98 Å². The van der Waals surface area contributed by atoms with Crippen LogP contribution in [0.3, 0.4) is 0 Å². The minimum absolute atomic E-state index is 0.444. The van der Waals surface area contributed by atoms with E-state index in [2.05, 4.69) is 65.3 Å². The van der Waals surface area contributed by atoms with E-state index in [1.807, 2.05) is 54.6 Å². The fourth-order valence-electron chi connectivity index (χ4n) is 4.25. The molecule has 0 radical (unpaired) electrons. The Balaban J connectivity index is 1.48. The fraction of sp³-hybridized carbons (Fsp3) is 0.167. The molecule has 1 atom stereocenters. The van der Waals surface area contributed by atoms with Crippen LogP contribution in [0.4, 0.5) is 0 Å². The molecule has 3 aromatic carbocycles. The van der Waals surface area contributed by atoms with Crippen LogP contribution in [0.1, 0.15) is 47.1 Å². The molecular formula is C30H26BrNO2. The van der Waals surface area contributed by atoms with Crippen molar-refractivity contribution in [2.24, 2.45) is 0 Å². The third-order valence-corrected chi connectivity index (χ3v) is 6.58. The highest BCUT2D eigenvalue weighted by molar-refractivity contribution is 9.10. The number of rotatable bonds is 7. The molecule has 0 spiro atoms. The van der Waals surface area contributed by atoms with Gasteiger partial charge in [-0.1, -0.05) is 95.7 Å². The molecule has 0 N–H and O–H groups in total. The average molecular weight is 512 g/mol. The maximum atomic E-state index is 6.29. The van der Waals surface area contributed by atoms with E-state index in [4.69, 9.17) is 14.5 Å². The molecular weight excluding hydrogens is 486 g/mol. The second kappa shape index (κ2) is 10.3. The standard InChI is InChI=1S/C30H26BrNO2/c1-21-12-14-25(26-15-13-24(31)18-28(21)26)27-16-17-29(33-19-22-8-4-2-5-9-22)32-30(27)34-20-23-10-6-3-7-11-23/h2-11,13-18,21H,12,19-20H2,1H3. The first-order valence-electron chi connectivity index (χ1n) is 11.5. The summed E-state index contributed by atoms with van der Waals surface area (Å²) in [5.41, 5.74) is 6.91. The topological polar surface area (TPSA) is 31.4 Å². The summed E-state index contributed by atoms with van der Waals surface area (Å²) in [7, 11) is 0. The number of aromatic nitrogens is 1. The minimum Gasteiger partial charge on any atom is -0.473 e. The van der Waals surface area contributed by atoms with Gasteiger partial charge in [0, 0.05) is 16.1 Å². The summed E-state index contributed by atoms with van der Waals surface area (Å²) in [5, 5.41) is 0. The molecule has 1 aromatic heterocycles. The quantitative estimate of drug-likeness (QED) is 0.252. The van der Waals surface area contributed by atoms with Gasteiger partial charge < -0.3 is 9.47 Å². The van der Waals surface area contributed by atoms with Crippen molar-refractivity contribution < 1.29 is 9.47 Å². The largest absolute Gasteiger partial charge is 0.473 e. The van der Waals surface area contributed by atoms with Gasteiger partial charge in [-0.3, -0.25) is 0 Å². The Labute approximate surface area is 209 Å². The molecule has 0 saturated carbocycles. The normalized spacial score (nSPS) is 14.8. The van der Waals surface area contributed by atoms with Crippen molar-refractivity contribution in [2.75, 3.05) is 0 Å². The van der Waals surface area contributed by atoms with Crippen molar-refractivity contribution in [2.45, 2.75) is 32.5 Å². The summed E-state index contributed by atoms with van der Waals surface area (Å²) in [4.78, 5) is 4.79. The van der Waals surface area contributed by atoms with Crippen molar-refractivity contribution in [1.82, 2.24) is 4.98 Å². The number of fused-ring (bicyclic) bond motifs is 1. The maximum absolute atomic E-state index is 6.29. The molecule has 170 valence electrons. The van der Waals surface area contributed by atoms with Crippen molar-refractivity contribution in [1.29, 1.82) is 0 Å². The molecule has 3 nitrogen and oxygen atoms in total. The summed E-state index contributed by atoms with van der Waals surface area (Å²) >= 11 is 3.63. The zero-order valence-corrected chi connectivity index (χ0v) is 20.7. The predicted molar refractivity (Wildman–Crippen MR) is 140 cm³/mol. The molecule has 0 amide bonds. The molecule has 4 heteroatoms. The highest BCUT2D eigenvalue weighted by atomic mass is 79.9. The maximum Gasteiger partial charge on any atom is 0.225 e. The number of hydrogen-bond acceptors (Lipinski definition) is 3. The van der Waals surface area contributed by atoms with E-state index in [-0.39, 0.29) is 0 Å².